The zero-order chi connectivity index (χ0) is 14.8. The van der Waals surface area contributed by atoms with E-state index in [0.717, 1.165) is 0 Å². The molecule has 1 aliphatic rings. The van der Waals surface area contributed by atoms with Crippen molar-refractivity contribution in [3.05, 3.63) is 27.9 Å². The Morgan fingerprint density at radius 1 is 1.75 bits per heavy atom. The fourth-order valence-corrected chi connectivity index (χ4v) is 2.03. The van der Waals surface area contributed by atoms with Gasteiger partial charge in [0.2, 0.25) is 5.69 Å². The van der Waals surface area contributed by atoms with Crippen LogP contribution in [0.5, 0.6) is 0 Å². The van der Waals surface area contributed by atoms with E-state index < -0.39 is 10.5 Å². The monoisotopic (exact) mass is 278 g/mol. The van der Waals surface area contributed by atoms with E-state index in [4.69, 9.17) is 10.00 Å². The van der Waals surface area contributed by atoms with Crippen LogP contribution in [0.15, 0.2) is 12.1 Å². The van der Waals surface area contributed by atoms with Gasteiger partial charge in [-0.1, -0.05) is 0 Å². The van der Waals surface area contributed by atoms with Gasteiger partial charge in [0, 0.05) is 25.6 Å². The van der Waals surface area contributed by atoms with E-state index in [9.17, 15) is 15.2 Å². The number of hydrogen-bond donors (Lipinski definition) is 2. The van der Waals surface area contributed by atoms with Crippen LogP contribution in [-0.2, 0) is 4.74 Å². The van der Waals surface area contributed by atoms with Crippen LogP contribution in [0.1, 0.15) is 19.0 Å². The molecule has 0 aliphatic carbocycles. The van der Waals surface area contributed by atoms with Crippen molar-refractivity contribution in [3.8, 4) is 6.07 Å². The largest absolute Gasteiger partial charge is 0.385 e. The van der Waals surface area contributed by atoms with E-state index in [1.165, 1.54) is 12.1 Å². The summed E-state index contributed by atoms with van der Waals surface area (Å²) < 4.78 is 5.30. The summed E-state index contributed by atoms with van der Waals surface area (Å²) in [6, 6.07) is 4.30. The van der Waals surface area contributed by atoms with E-state index in [-0.39, 0.29) is 24.0 Å². The minimum atomic E-state index is -1.00. The number of nitro groups is 1. The number of aromatic nitrogens is 1. The Balaban J connectivity index is 2.11. The number of anilines is 1. The quantitative estimate of drug-likeness (QED) is 0.617. The average molecular weight is 278 g/mol. The van der Waals surface area contributed by atoms with Crippen LogP contribution in [0.25, 0.3) is 0 Å². The van der Waals surface area contributed by atoms with Crippen molar-refractivity contribution in [3.63, 3.8) is 0 Å². The van der Waals surface area contributed by atoms with Crippen LogP contribution in [-0.4, -0.2) is 39.9 Å². The molecule has 1 saturated heterocycles. The second-order valence-corrected chi connectivity index (χ2v) is 4.65. The molecule has 0 saturated carbocycles. The molecule has 0 aromatic carbocycles. The highest BCUT2D eigenvalue weighted by atomic mass is 16.6. The Morgan fingerprint density at radius 3 is 3.05 bits per heavy atom. The summed E-state index contributed by atoms with van der Waals surface area (Å²) in [6.07, 6.45) is 0.197. The van der Waals surface area contributed by atoms with Gasteiger partial charge in [-0.25, -0.2) is 4.98 Å². The van der Waals surface area contributed by atoms with Crippen molar-refractivity contribution in [2.24, 2.45) is 0 Å². The van der Waals surface area contributed by atoms with Gasteiger partial charge in [-0.3, -0.25) is 10.1 Å². The molecule has 0 bridgehead atoms. The first-order valence-electron chi connectivity index (χ1n) is 6.09. The van der Waals surface area contributed by atoms with Crippen molar-refractivity contribution >= 4 is 11.5 Å². The lowest BCUT2D eigenvalue weighted by atomic mass is 9.97. The highest BCUT2D eigenvalue weighted by Gasteiger charge is 2.39. The Labute approximate surface area is 115 Å². The highest BCUT2D eigenvalue weighted by molar-refractivity contribution is 5.50. The zero-order valence-electron chi connectivity index (χ0n) is 10.9. The number of ether oxygens (including phenoxy) is 1. The van der Waals surface area contributed by atoms with Crippen molar-refractivity contribution in [1.82, 2.24) is 4.98 Å². The third-order valence-corrected chi connectivity index (χ3v) is 3.41. The van der Waals surface area contributed by atoms with Gasteiger partial charge in [-0.15, -0.1) is 0 Å². The Morgan fingerprint density at radius 2 is 2.50 bits per heavy atom. The van der Waals surface area contributed by atoms with Gasteiger partial charge in [-0.05, 0) is 13.0 Å². The molecule has 1 aromatic heterocycles. The first kappa shape index (κ1) is 14.2. The summed E-state index contributed by atoms with van der Waals surface area (Å²) in [5, 5.41) is 32.7. The molecule has 1 aliphatic heterocycles. The smallest absolute Gasteiger partial charge is 0.305 e. The van der Waals surface area contributed by atoms with Crippen LogP contribution in [0, 0.1) is 21.4 Å². The lowest BCUT2D eigenvalue weighted by Crippen LogP contribution is -2.43. The number of rotatable bonds is 4. The first-order chi connectivity index (χ1) is 9.46. The number of aliphatic hydroxyl groups is 1. The third-order valence-electron chi connectivity index (χ3n) is 3.41. The minimum Gasteiger partial charge on any atom is -0.385 e. The summed E-state index contributed by atoms with van der Waals surface area (Å²) in [5.41, 5.74) is -1.60. The van der Waals surface area contributed by atoms with Gasteiger partial charge in [0.05, 0.1) is 11.0 Å². The first-order valence-corrected chi connectivity index (χ1v) is 6.09. The Kier molecular flexibility index (Phi) is 3.83. The number of nitriles is 1. The van der Waals surface area contributed by atoms with Crippen LogP contribution in [0.3, 0.4) is 0 Å². The molecule has 2 N–H and O–H groups in total. The van der Waals surface area contributed by atoms with Crippen LogP contribution in [0.4, 0.5) is 11.5 Å². The molecule has 8 heteroatoms. The molecule has 2 atom stereocenters. The van der Waals surface area contributed by atoms with Crippen LogP contribution < -0.4 is 5.32 Å². The SMILES string of the molecule is CC1OCCC1(O)CNc1ccc([N+](=O)[O-])c(C#N)n1. The highest BCUT2D eigenvalue weighted by Crippen LogP contribution is 2.26. The maximum atomic E-state index is 10.7. The molecule has 20 heavy (non-hydrogen) atoms. The second-order valence-electron chi connectivity index (χ2n) is 4.65. The fourth-order valence-electron chi connectivity index (χ4n) is 2.03. The zero-order valence-corrected chi connectivity index (χ0v) is 10.9. The number of hydrogen-bond acceptors (Lipinski definition) is 7. The molecule has 1 aromatic rings. The van der Waals surface area contributed by atoms with Gasteiger partial charge < -0.3 is 15.2 Å². The van der Waals surface area contributed by atoms with E-state index in [0.29, 0.717) is 18.8 Å². The summed E-state index contributed by atoms with van der Waals surface area (Å²) >= 11 is 0. The molecule has 2 rings (SSSR count). The van der Waals surface area contributed by atoms with E-state index >= 15 is 0 Å². The average Bonchev–Trinajstić information content (AvgIpc) is 2.76. The lowest BCUT2D eigenvalue weighted by Gasteiger charge is -2.26. The molecule has 0 radical (unpaired) electrons. The van der Waals surface area contributed by atoms with Crippen molar-refractivity contribution in [1.29, 1.82) is 5.26 Å². The predicted octanol–water partition coefficient (Wildman–Crippen LogP) is 0.813. The van der Waals surface area contributed by atoms with E-state index in [2.05, 4.69) is 10.3 Å². The van der Waals surface area contributed by atoms with Gasteiger partial charge >= 0.3 is 5.69 Å². The normalized spacial score (nSPS) is 25.1. The Bertz CT molecular complexity index is 571. The van der Waals surface area contributed by atoms with Gasteiger partial charge in [-0.2, -0.15) is 5.26 Å². The van der Waals surface area contributed by atoms with Gasteiger partial charge in [0.1, 0.15) is 17.5 Å². The number of nitrogens with zero attached hydrogens (tertiary/aromatic N) is 3. The van der Waals surface area contributed by atoms with Gasteiger partial charge in [0.25, 0.3) is 0 Å². The lowest BCUT2D eigenvalue weighted by molar-refractivity contribution is -0.385. The summed E-state index contributed by atoms with van der Waals surface area (Å²) in [5.74, 6) is 0.305. The maximum Gasteiger partial charge on any atom is 0.305 e. The van der Waals surface area contributed by atoms with Gasteiger partial charge in [0.15, 0.2) is 0 Å². The van der Waals surface area contributed by atoms with E-state index in [1.807, 2.05) is 0 Å². The molecule has 2 heterocycles. The third kappa shape index (κ3) is 2.68. The maximum absolute atomic E-state index is 10.7. The molecule has 1 fully saturated rings. The summed E-state index contributed by atoms with van der Waals surface area (Å²) in [4.78, 5) is 13.9. The molecule has 0 spiro atoms. The second kappa shape index (κ2) is 5.40. The van der Waals surface area contributed by atoms with Crippen LogP contribution in [0.2, 0.25) is 0 Å². The molecule has 0 amide bonds. The van der Waals surface area contributed by atoms with Crippen molar-refractivity contribution in [2.75, 3.05) is 18.5 Å². The van der Waals surface area contributed by atoms with Crippen molar-refractivity contribution < 1.29 is 14.8 Å². The molecule has 2 unspecified atom stereocenters. The molecule has 8 nitrogen and oxygen atoms in total. The fraction of sp³-hybridized carbons (Fsp3) is 0.500. The number of pyridine rings is 1. The minimum absolute atomic E-state index is 0.198. The predicted molar refractivity (Wildman–Crippen MR) is 69.1 cm³/mol. The summed E-state index contributed by atoms with van der Waals surface area (Å²) in [7, 11) is 0. The topological polar surface area (TPSA) is 121 Å². The Hall–Kier alpha value is -2.24. The van der Waals surface area contributed by atoms with Crippen molar-refractivity contribution in [2.45, 2.75) is 25.0 Å². The molecular formula is C12H14N4O4. The number of nitrogens with one attached hydrogen (secondary N) is 1. The van der Waals surface area contributed by atoms with Crippen LogP contribution >= 0.6 is 0 Å². The van der Waals surface area contributed by atoms with E-state index in [1.54, 1.807) is 13.0 Å². The summed E-state index contributed by atoms with van der Waals surface area (Å²) in [6.45, 7) is 2.46. The standard InChI is InChI=1S/C12H14N4O4/c1-8-12(17,4-5-20-8)7-14-11-3-2-10(16(18)19)9(6-13)15-11/h2-3,8,17H,4-5,7H2,1H3,(H,14,15). The molecule has 106 valence electrons. The molecular weight excluding hydrogens is 264 g/mol.